The number of nitriles is 1. The fourth-order valence-electron chi connectivity index (χ4n) is 2.39. The molecule has 0 atom stereocenters. The molecule has 0 aliphatic rings. The molecule has 0 saturated carbocycles. The number of pyridine rings is 1. The lowest BCUT2D eigenvalue weighted by molar-refractivity contribution is -0.129. The number of nitrogens with one attached hydrogen (secondary N) is 1. The van der Waals surface area contributed by atoms with Crippen LogP contribution in [0.25, 0.3) is 0 Å². The monoisotopic (exact) mass is 465 g/mol. The number of aromatic nitrogens is 1. The van der Waals surface area contributed by atoms with Crippen molar-refractivity contribution in [3.8, 4) is 17.6 Å². The largest absolute Gasteiger partial charge is 0.453 e. The third-order valence-corrected chi connectivity index (χ3v) is 4.38. The van der Waals surface area contributed by atoms with Crippen LogP contribution >= 0.6 is 23.2 Å². The maximum atomic E-state index is 12.2. The lowest BCUT2D eigenvalue weighted by atomic mass is 10.1. The zero-order chi connectivity index (χ0) is 23.3. The summed E-state index contributed by atoms with van der Waals surface area (Å²) in [6.07, 6.45) is 0.125. The third kappa shape index (κ3) is 5.97. The molecule has 12 heteroatoms. The average Bonchev–Trinajstić information content (AvgIpc) is 2.67. The quantitative estimate of drug-likeness (QED) is 0.286. The number of primary amides is 1. The molecule has 0 fully saturated rings. The summed E-state index contributed by atoms with van der Waals surface area (Å²) < 4.78 is 11.3. The van der Waals surface area contributed by atoms with E-state index < -0.39 is 17.8 Å². The van der Waals surface area contributed by atoms with E-state index in [1.165, 1.54) is 29.0 Å². The second kappa shape index (κ2) is 9.97. The molecule has 1 aromatic heterocycles. The maximum Gasteiger partial charge on any atom is 0.412 e. The van der Waals surface area contributed by atoms with Crippen LogP contribution in [-0.4, -0.2) is 22.3 Å². The van der Waals surface area contributed by atoms with E-state index in [9.17, 15) is 14.4 Å². The van der Waals surface area contributed by atoms with E-state index in [2.05, 4.69) is 15.3 Å². The molecule has 1 amide bonds. The molecule has 0 aliphatic carbocycles. The lowest BCUT2D eigenvalue weighted by Crippen LogP contribution is -2.24. The number of aryl methyl sites for hydroxylation is 1. The van der Waals surface area contributed by atoms with Crippen molar-refractivity contribution in [2.24, 2.45) is 17.9 Å². The number of rotatable bonds is 6. The first kappa shape index (κ1) is 23.7. The van der Waals surface area contributed by atoms with E-state index >= 15 is 0 Å². The van der Waals surface area contributed by atoms with Crippen molar-refractivity contribution < 1.29 is 19.1 Å². The SMILES string of the molecule is CC(C)c1cc(Oc2c(Cl)cc(NN=C(C#N)C(=O)OC(N)=O)cc2Cl)cn(C)c1=O. The molecule has 2 rings (SSSR count). The summed E-state index contributed by atoms with van der Waals surface area (Å²) in [7, 11) is 1.60. The number of esters is 1. The molecule has 31 heavy (non-hydrogen) atoms. The van der Waals surface area contributed by atoms with Crippen LogP contribution in [0.4, 0.5) is 10.5 Å². The normalized spacial score (nSPS) is 11.1. The Hall–Kier alpha value is -3.55. The smallest absolute Gasteiger partial charge is 0.412 e. The Kier molecular flexibility index (Phi) is 7.63. The number of hydrogen-bond acceptors (Lipinski definition) is 8. The third-order valence-electron chi connectivity index (χ3n) is 3.82. The van der Waals surface area contributed by atoms with Crippen LogP contribution in [0.3, 0.4) is 0 Å². The van der Waals surface area contributed by atoms with Crippen molar-refractivity contribution in [3.05, 3.63) is 50.4 Å². The number of ether oxygens (including phenoxy) is 2. The second-order valence-corrected chi connectivity index (χ2v) is 7.28. The molecule has 0 bridgehead atoms. The van der Waals surface area contributed by atoms with Gasteiger partial charge in [-0.1, -0.05) is 37.0 Å². The lowest BCUT2D eigenvalue weighted by Gasteiger charge is -2.14. The average molecular weight is 466 g/mol. The van der Waals surface area contributed by atoms with Gasteiger partial charge in [0.2, 0.25) is 5.71 Å². The molecule has 3 N–H and O–H groups in total. The van der Waals surface area contributed by atoms with E-state index in [0.717, 1.165) is 0 Å². The molecule has 0 aliphatic heterocycles. The van der Waals surface area contributed by atoms with Gasteiger partial charge in [-0.15, -0.1) is 0 Å². The first-order valence-electron chi connectivity index (χ1n) is 8.66. The number of hydrazone groups is 1. The summed E-state index contributed by atoms with van der Waals surface area (Å²) in [6.45, 7) is 3.77. The highest BCUT2D eigenvalue weighted by molar-refractivity contribution is 6.44. The maximum absolute atomic E-state index is 12.2. The number of halogens is 2. The summed E-state index contributed by atoms with van der Waals surface area (Å²) in [5, 5.41) is 12.7. The van der Waals surface area contributed by atoms with Gasteiger partial charge in [-0.25, -0.2) is 9.59 Å². The Bertz CT molecular complexity index is 1140. The number of hydrogen-bond donors (Lipinski definition) is 2. The molecule has 0 unspecified atom stereocenters. The minimum Gasteiger partial charge on any atom is -0.453 e. The summed E-state index contributed by atoms with van der Waals surface area (Å²) in [6, 6.07) is 5.83. The molecule has 1 aromatic carbocycles. The first-order valence-corrected chi connectivity index (χ1v) is 9.42. The Labute approximate surface area is 186 Å². The van der Waals surface area contributed by atoms with Crippen LogP contribution in [0, 0.1) is 11.3 Å². The van der Waals surface area contributed by atoms with Crippen molar-refractivity contribution in [1.29, 1.82) is 5.26 Å². The van der Waals surface area contributed by atoms with Gasteiger partial charge in [-0.2, -0.15) is 10.4 Å². The van der Waals surface area contributed by atoms with E-state index in [1.54, 1.807) is 13.1 Å². The molecular formula is C19H17Cl2N5O5. The molecule has 0 spiro atoms. The van der Waals surface area contributed by atoms with Gasteiger partial charge in [-0.05, 0) is 24.1 Å². The summed E-state index contributed by atoms with van der Waals surface area (Å²) in [5.74, 6) is -0.863. The van der Waals surface area contributed by atoms with E-state index in [1.807, 2.05) is 13.8 Å². The van der Waals surface area contributed by atoms with Crippen LogP contribution in [0.5, 0.6) is 11.5 Å². The highest BCUT2D eigenvalue weighted by atomic mass is 35.5. The fourth-order valence-corrected chi connectivity index (χ4v) is 2.96. The summed E-state index contributed by atoms with van der Waals surface area (Å²) >= 11 is 12.5. The molecule has 2 aromatic rings. The molecular weight excluding hydrogens is 449 g/mol. The summed E-state index contributed by atoms with van der Waals surface area (Å²) in [4.78, 5) is 34.3. The van der Waals surface area contributed by atoms with Gasteiger partial charge in [-0.3, -0.25) is 10.2 Å². The van der Waals surface area contributed by atoms with Gasteiger partial charge < -0.3 is 19.8 Å². The molecule has 0 saturated heterocycles. The summed E-state index contributed by atoms with van der Waals surface area (Å²) in [5.41, 5.74) is 7.01. The number of benzene rings is 1. The van der Waals surface area contributed by atoms with E-state index in [-0.39, 0.29) is 33.0 Å². The first-order chi connectivity index (χ1) is 14.5. The van der Waals surface area contributed by atoms with Gasteiger partial charge >= 0.3 is 12.1 Å². The number of carbonyl (C=O) groups is 2. The van der Waals surface area contributed by atoms with E-state index in [4.69, 9.17) is 38.9 Å². The molecule has 0 radical (unpaired) electrons. The van der Waals surface area contributed by atoms with Gasteiger partial charge in [0, 0.05) is 18.8 Å². The van der Waals surface area contributed by atoms with Crippen molar-refractivity contribution in [3.63, 3.8) is 0 Å². The predicted octanol–water partition coefficient (Wildman–Crippen LogP) is 3.52. The second-order valence-electron chi connectivity index (χ2n) is 6.47. The highest BCUT2D eigenvalue weighted by Crippen LogP contribution is 2.39. The standard InChI is InChI=1S/C19H17Cl2N5O5/c1-9(2)12-6-11(8-26(3)17(12)27)30-16-13(20)4-10(5-14(16)21)24-25-15(7-22)18(28)31-19(23)29/h4-6,8-9,24H,1-3H3,(H2,23,29). The fraction of sp³-hybridized carbons (Fsp3) is 0.211. The highest BCUT2D eigenvalue weighted by Gasteiger charge is 2.17. The van der Waals surface area contributed by atoms with Crippen LogP contribution in [0.15, 0.2) is 34.3 Å². The number of amides is 1. The van der Waals surface area contributed by atoms with Gasteiger partial charge in [0.1, 0.15) is 11.8 Å². The zero-order valence-corrected chi connectivity index (χ0v) is 18.1. The topological polar surface area (TPSA) is 149 Å². The van der Waals surface area contributed by atoms with Crippen molar-refractivity contribution in [1.82, 2.24) is 4.57 Å². The molecule has 162 valence electrons. The van der Waals surface area contributed by atoms with Crippen molar-refractivity contribution in [2.75, 3.05) is 5.43 Å². The Morgan fingerprint density at radius 3 is 2.39 bits per heavy atom. The van der Waals surface area contributed by atoms with Gasteiger partial charge in [0.15, 0.2) is 5.75 Å². The number of nitrogens with two attached hydrogens (primary N) is 1. The van der Waals surface area contributed by atoms with Crippen LogP contribution < -0.4 is 21.5 Å². The number of anilines is 1. The Morgan fingerprint density at radius 1 is 1.26 bits per heavy atom. The van der Waals surface area contributed by atoms with Gasteiger partial charge in [0.25, 0.3) is 5.56 Å². The Morgan fingerprint density at radius 2 is 1.87 bits per heavy atom. The zero-order valence-electron chi connectivity index (χ0n) is 16.6. The van der Waals surface area contributed by atoms with Crippen LogP contribution in [0.2, 0.25) is 10.0 Å². The van der Waals surface area contributed by atoms with Crippen molar-refractivity contribution >= 4 is 46.7 Å². The molecule has 10 nitrogen and oxygen atoms in total. The van der Waals surface area contributed by atoms with Crippen LogP contribution in [-0.2, 0) is 16.6 Å². The number of carbonyl (C=O) groups excluding carboxylic acids is 2. The van der Waals surface area contributed by atoms with Crippen LogP contribution in [0.1, 0.15) is 25.3 Å². The van der Waals surface area contributed by atoms with Gasteiger partial charge in [0.05, 0.1) is 15.7 Å². The predicted molar refractivity (Wildman–Crippen MR) is 115 cm³/mol. The minimum absolute atomic E-state index is 0.0202. The minimum atomic E-state index is -1.38. The Balaban J connectivity index is 2.30. The number of nitrogens with zero attached hydrogens (tertiary/aromatic N) is 3. The van der Waals surface area contributed by atoms with Crippen molar-refractivity contribution in [2.45, 2.75) is 19.8 Å². The van der Waals surface area contributed by atoms with E-state index in [0.29, 0.717) is 11.3 Å². The molecule has 1 heterocycles.